The molecule has 2 aromatic rings. The Kier molecular flexibility index (Phi) is 8.06. The quantitative estimate of drug-likeness (QED) is 0.343. The third-order valence-corrected chi connectivity index (χ3v) is 6.70. The molecule has 1 aliphatic heterocycles. The topological polar surface area (TPSA) is 49.4 Å². The average molecular weight is 442 g/mol. The lowest BCUT2D eigenvalue weighted by Gasteiger charge is -2.27. The summed E-state index contributed by atoms with van der Waals surface area (Å²) < 4.78 is 0. The Morgan fingerprint density at radius 3 is 2.38 bits per heavy atom. The Morgan fingerprint density at radius 2 is 1.75 bits per heavy atom. The molecule has 0 spiro atoms. The number of likely N-dealkylation sites (tertiary alicyclic amines) is 1. The summed E-state index contributed by atoms with van der Waals surface area (Å²) in [5, 5.41) is 3.50. The smallest absolute Gasteiger partial charge is 0.257 e. The first-order chi connectivity index (χ1) is 15.5. The molecule has 32 heavy (non-hydrogen) atoms. The highest BCUT2D eigenvalue weighted by Crippen LogP contribution is 2.41. The predicted molar refractivity (Wildman–Crippen MR) is 135 cm³/mol. The monoisotopic (exact) mass is 442 g/mol. The third-order valence-electron chi connectivity index (χ3n) is 5.44. The summed E-state index contributed by atoms with van der Waals surface area (Å²) in [6.45, 7) is 10.8. The number of allylic oxidation sites excluding steroid dienone is 4. The molecule has 6 heteroatoms. The lowest BCUT2D eigenvalue weighted by molar-refractivity contribution is -0.112. The van der Waals surface area contributed by atoms with Crippen molar-refractivity contribution >= 4 is 36.0 Å². The molecule has 2 radical (unpaired) electrons. The standard InChI is InChI=1S/C26H27BN2O2S/c1-4-19(14-15-21(27)5-2)24(30)28-25-22(26(31)29-16-10-7-11-17-29)18(3)23(32-25)20-12-8-6-9-13-20/h4-6,8-9,12-15H,1-2,7,10-11,16-17H2,3H3,(H,28,30)/b19-14+,21-15+. The van der Waals surface area contributed by atoms with Crippen LogP contribution in [0.5, 0.6) is 0 Å². The van der Waals surface area contributed by atoms with E-state index >= 15 is 0 Å². The first-order valence-corrected chi connectivity index (χ1v) is 11.5. The van der Waals surface area contributed by atoms with Crippen LogP contribution >= 0.6 is 11.3 Å². The second-order valence-electron chi connectivity index (χ2n) is 7.63. The minimum Gasteiger partial charge on any atom is -0.339 e. The molecule has 1 fully saturated rings. The first-order valence-electron chi connectivity index (χ1n) is 10.7. The number of thiophene rings is 1. The van der Waals surface area contributed by atoms with Crippen molar-refractivity contribution in [2.75, 3.05) is 18.4 Å². The maximum absolute atomic E-state index is 13.5. The zero-order valence-electron chi connectivity index (χ0n) is 18.4. The summed E-state index contributed by atoms with van der Waals surface area (Å²) in [5.74, 6) is -0.377. The number of carbonyl (C=O) groups excluding carboxylic acids is 2. The van der Waals surface area contributed by atoms with E-state index in [9.17, 15) is 9.59 Å². The minimum absolute atomic E-state index is 0.0316. The number of carbonyl (C=O) groups is 2. The van der Waals surface area contributed by atoms with Crippen LogP contribution in [0.1, 0.15) is 35.2 Å². The molecule has 1 aliphatic rings. The van der Waals surface area contributed by atoms with Gasteiger partial charge in [-0.3, -0.25) is 9.59 Å². The van der Waals surface area contributed by atoms with Crippen molar-refractivity contribution in [2.45, 2.75) is 26.2 Å². The molecule has 1 N–H and O–H groups in total. The molecular weight excluding hydrogens is 415 g/mol. The van der Waals surface area contributed by atoms with E-state index in [0.717, 1.165) is 48.4 Å². The summed E-state index contributed by atoms with van der Waals surface area (Å²) in [4.78, 5) is 29.3. The third kappa shape index (κ3) is 5.38. The van der Waals surface area contributed by atoms with Gasteiger partial charge >= 0.3 is 0 Å². The molecule has 0 unspecified atom stereocenters. The molecule has 2 amide bonds. The second kappa shape index (κ2) is 11.0. The summed E-state index contributed by atoms with van der Waals surface area (Å²) >= 11 is 1.42. The van der Waals surface area contributed by atoms with Gasteiger partial charge in [-0.25, -0.2) is 0 Å². The number of anilines is 1. The average Bonchev–Trinajstić information content (AvgIpc) is 3.15. The highest BCUT2D eigenvalue weighted by atomic mass is 32.1. The van der Waals surface area contributed by atoms with E-state index in [1.165, 1.54) is 23.5 Å². The highest BCUT2D eigenvalue weighted by Gasteiger charge is 2.28. The van der Waals surface area contributed by atoms with Crippen molar-refractivity contribution in [2.24, 2.45) is 0 Å². The molecule has 0 bridgehead atoms. The molecule has 3 rings (SSSR count). The van der Waals surface area contributed by atoms with E-state index < -0.39 is 0 Å². The largest absolute Gasteiger partial charge is 0.339 e. The summed E-state index contributed by atoms with van der Waals surface area (Å²) in [7, 11) is 5.75. The number of hydrogen-bond acceptors (Lipinski definition) is 3. The lowest BCUT2D eigenvalue weighted by Crippen LogP contribution is -2.36. The molecule has 1 saturated heterocycles. The van der Waals surface area contributed by atoms with Gasteiger partial charge in [0.15, 0.2) is 0 Å². The Morgan fingerprint density at radius 1 is 1.06 bits per heavy atom. The van der Waals surface area contributed by atoms with Crippen LogP contribution in [0.4, 0.5) is 5.00 Å². The van der Waals surface area contributed by atoms with E-state index in [4.69, 9.17) is 7.85 Å². The van der Waals surface area contributed by atoms with Crippen molar-refractivity contribution < 1.29 is 9.59 Å². The van der Waals surface area contributed by atoms with Crippen LogP contribution in [0.2, 0.25) is 0 Å². The Bertz CT molecular complexity index is 1080. The van der Waals surface area contributed by atoms with Gasteiger partial charge in [0.25, 0.3) is 11.8 Å². The fraction of sp³-hybridized carbons (Fsp3) is 0.231. The first kappa shape index (κ1) is 23.5. The van der Waals surface area contributed by atoms with Gasteiger partial charge in [-0.1, -0.05) is 73.3 Å². The molecule has 4 nitrogen and oxygen atoms in total. The Hall–Kier alpha value is -3.12. The van der Waals surface area contributed by atoms with Gasteiger partial charge in [-0.15, -0.1) is 11.3 Å². The van der Waals surface area contributed by atoms with E-state index in [-0.39, 0.29) is 11.8 Å². The lowest BCUT2D eigenvalue weighted by atomic mass is 9.95. The van der Waals surface area contributed by atoms with Crippen LogP contribution in [0, 0.1) is 6.92 Å². The number of hydrogen-bond donors (Lipinski definition) is 1. The number of nitrogens with one attached hydrogen (secondary N) is 1. The Labute approximate surface area is 195 Å². The maximum atomic E-state index is 13.5. The predicted octanol–water partition coefficient (Wildman–Crippen LogP) is 5.64. The van der Waals surface area contributed by atoms with E-state index in [1.807, 2.05) is 42.2 Å². The minimum atomic E-state index is -0.346. The normalized spacial score (nSPS) is 14.7. The number of rotatable bonds is 7. The summed E-state index contributed by atoms with van der Waals surface area (Å²) in [5.41, 5.74) is 3.25. The number of nitrogens with zero attached hydrogens (tertiary/aromatic N) is 1. The fourth-order valence-electron chi connectivity index (χ4n) is 3.64. The van der Waals surface area contributed by atoms with Gasteiger partial charge in [0.05, 0.1) is 5.56 Å². The fourth-order valence-corrected chi connectivity index (χ4v) is 4.84. The van der Waals surface area contributed by atoms with Crippen LogP contribution < -0.4 is 5.32 Å². The van der Waals surface area contributed by atoms with Gasteiger partial charge in [0, 0.05) is 23.5 Å². The molecular formula is C26H27BN2O2S. The van der Waals surface area contributed by atoms with Crippen LogP contribution in [0.25, 0.3) is 10.4 Å². The molecule has 2 heterocycles. The van der Waals surface area contributed by atoms with Crippen LogP contribution in [0.15, 0.2) is 78.8 Å². The zero-order chi connectivity index (χ0) is 23.1. The summed E-state index contributed by atoms with van der Waals surface area (Å²) in [6.07, 6.45) is 9.29. The van der Waals surface area contributed by atoms with Gasteiger partial charge in [0.1, 0.15) is 12.8 Å². The van der Waals surface area contributed by atoms with Crippen LogP contribution in [0.3, 0.4) is 0 Å². The van der Waals surface area contributed by atoms with E-state index in [1.54, 1.807) is 12.2 Å². The molecule has 1 aromatic carbocycles. The van der Waals surface area contributed by atoms with Crippen LogP contribution in [-0.2, 0) is 4.79 Å². The number of benzene rings is 1. The van der Waals surface area contributed by atoms with Crippen molar-refractivity contribution in [3.8, 4) is 10.4 Å². The van der Waals surface area contributed by atoms with E-state index in [2.05, 4.69) is 18.5 Å². The van der Waals surface area contributed by atoms with Gasteiger partial charge in [-0.2, -0.15) is 0 Å². The molecule has 0 saturated carbocycles. The van der Waals surface area contributed by atoms with Crippen molar-refractivity contribution in [1.29, 1.82) is 0 Å². The van der Waals surface area contributed by atoms with Crippen molar-refractivity contribution in [3.63, 3.8) is 0 Å². The second-order valence-corrected chi connectivity index (χ2v) is 8.65. The molecule has 1 aromatic heterocycles. The van der Waals surface area contributed by atoms with Gasteiger partial charge in [-0.05, 0) is 37.3 Å². The molecule has 0 aliphatic carbocycles. The Balaban J connectivity index is 2.01. The molecule has 0 atom stereocenters. The van der Waals surface area contributed by atoms with Crippen molar-refractivity contribution in [1.82, 2.24) is 4.90 Å². The summed E-state index contributed by atoms with van der Waals surface area (Å²) in [6, 6.07) is 9.91. The molecule has 162 valence electrons. The maximum Gasteiger partial charge on any atom is 0.257 e. The highest BCUT2D eigenvalue weighted by molar-refractivity contribution is 7.20. The number of amides is 2. The zero-order valence-corrected chi connectivity index (χ0v) is 19.2. The number of piperidine rings is 1. The van der Waals surface area contributed by atoms with Crippen LogP contribution in [-0.4, -0.2) is 37.7 Å². The SMILES string of the molecule is [B]/C(C=C)=C/C=C(\C=C)C(=O)Nc1sc(-c2ccccc2)c(C)c1C(=O)N1CCCCC1. The van der Waals surface area contributed by atoms with Gasteiger partial charge < -0.3 is 10.2 Å². The van der Waals surface area contributed by atoms with Crippen molar-refractivity contribution in [3.05, 3.63) is 90.0 Å². The van der Waals surface area contributed by atoms with Gasteiger partial charge in [0.2, 0.25) is 0 Å². The van der Waals surface area contributed by atoms with E-state index in [0.29, 0.717) is 21.6 Å².